The van der Waals surface area contributed by atoms with Crippen LogP contribution in [0.1, 0.15) is 41.3 Å². The minimum absolute atomic E-state index is 0.0391. The molecular weight excluding hydrogens is 569 g/mol. The highest BCUT2D eigenvalue weighted by atomic mass is 35.5. The van der Waals surface area contributed by atoms with Gasteiger partial charge in [0.1, 0.15) is 11.5 Å². The Balaban J connectivity index is 1.90. The molecule has 0 aliphatic rings. The van der Waals surface area contributed by atoms with Crippen molar-refractivity contribution in [2.45, 2.75) is 32.4 Å². The summed E-state index contributed by atoms with van der Waals surface area (Å²) in [6.07, 6.45) is -2.81. The second kappa shape index (κ2) is 11.3. The fraction of sp³-hybridized carbons (Fsp3) is 0.167. The third kappa shape index (κ3) is 5.88. The Bertz CT molecular complexity index is 1690. The summed E-state index contributed by atoms with van der Waals surface area (Å²) in [4.78, 5) is 29.1. The largest absolute Gasteiger partial charge is 0.434 e. The number of Topliss-reactive ketones (excluding diaryl/α,β-unsaturated/α-hetero) is 1. The molecule has 12 heteroatoms. The number of ketones is 1. The summed E-state index contributed by atoms with van der Waals surface area (Å²) in [6.45, 7) is 4.82. The molecule has 0 fully saturated rings. The molecule has 0 saturated carbocycles. The third-order valence-electron chi connectivity index (χ3n) is 6.96. The predicted molar refractivity (Wildman–Crippen MR) is 156 cm³/mol. The van der Waals surface area contributed by atoms with Crippen LogP contribution in [0.5, 0.6) is 0 Å². The Morgan fingerprint density at radius 3 is 2.21 bits per heavy atom. The highest BCUT2D eigenvalue weighted by Gasteiger charge is 2.35. The molecule has 0 aliphatic carbocycles. The van der Waals surface area contributed by atoms with Crippen LogP contribution in [0.3, 0.4) is 0 Å². The van der Waals surface area contributed by atoms with Crippen LogP contribution in [0, 0.1) is 6.92 Å². The molecule has 0 aliphatic heterocycles. The van der Waals surface area contributed by atoms with E-state index in [-0.39, 0.29) is 28.5 Å². The lowest BCUT2D eigenvalue weighted by molar-refractivity contribution is -0.141. The van der Waals surface area contributed by atoms with Crippen LogP contribution in [0.15, 0.2) is 84.8 Å². The average Bonchev–Trinajstić information content (AvgIpc) is 3.35. The number of alkyl halides is 3. The summed E-state index contributed by atoms with van der Waals surface area (Å²) < 4.78 is 41.8. The van der Waals surface area contributed by atoms with Gasteiger partial charge in [0.2, 0.25) is 11.7 Å². The summed E-state index contributed by atoms with van der Waals surface area (Å²) in [7, 11) is 0. The first-order valence-corrected chi connectivity index (χ1v) is 13.0. The summed E-state index contributed by atoms with van der Waals surface area (Å²) in [5.41, 5.74) is 11.8. The van der Waals surface area contributed by atoms with E-state index in [2.05, 4.69) is 4.98 Å². The SMILES string of the molecule is Cc1nc(C(F)(F)F)cn1-c1ccc(-c2cccc(C(C)(C)C(N)=O)c2)cc1N(N)/C(=C\N)C(=O)c1ccc(Cl)cc1. The number of aromatic nitrogens is 2. The van der Waals surface area contributed by atoms with E-state index in [0.717, 1.165) is 17.4 Å². The van der Waals surface area contributed by atoms with Crippen LogP contribution in [0.2, 0.25) is 5.02 Å². The number of imidazole rings is 1. The molecule has 218 valence electrons. The van der Waals surface area contributed by atoms with Crippen molar-refractivity contribution in [1.82, 2.24) is 9.55 Å². The smallest absolute Gasteiger partial charge is 0.403 e. The number of aryl methyl sites for hydroxylation is 1. The maximum absolute atomic E-state index is 13.5. The molecular formula is C30H28ClF3N6O2. The van der Waals surface area contributed by atoms with Gasteiger partial charge in [0.15, 0.2) is 5.69 Å². The van der Waals surface area contributed by atoms with Gasteiger partial charge in [-0.05, 0) is 73.9 Å². The molecule has 8 nitrogen and oxygen atoms in total. The van der Waals surface area contributed by atoms with Crippen molar-refractivity contribution in [3.05, 3.63) is 112 Å². The summed E-state index contributed by atoms with van der Waals surface area (Å²) in [5.74, 6) is 5.48. The molecule has 0 unspecified atom stereocenters. The van der Waals surface area contributed by atoms with Gasteiger partial charge in [-0.15, -0.1) is 0 Å². The van der Waals surface area contributed by atoms with E-state index < -0.39 is 29.0 Å². The van der Waals surface area contributed by atoms with E-state index in [1.165, 1.54) is 35.8 Å². The number of halogens is 4. The summed E-state index contributed by atoms with van der Waals surface area (Å²) >= 11 is 5.96. The van der Waals surface area contributed by atoms with Crippen LogP contribution in [0.4, 0.5) is 18.9 Å². The first-order chi connectivity index (χ1) is 19.6. The number of allylic oxidation sites excluding steroid dienone is 1. The van der Waals surface area contributed by atoms with E-state index in [1.54, 1.807) is 56.3 Å². The highest BCUT2D eigenvalue weighted by molar-refractivity contribution is 6.30. The molecule has 6 N–H and O–H groups in total. The van der Waals surface area contributed by atoms with E-state index in [1.807, 2.05) is 0 Å². The average molecular weight is 597 g/mol. The minimum Gasteiger partial charge on any atom is -0.403 e. The molecule has 1 aromatic heterocycles. The van der Waals surface area contributed by atoms with Crippen LogP contribution in [-0.2, 0) is 16.4 Å². The zero-order valence-corrected chi connectivity index (χ0v) is 23.7. The standard InChI is InChI=1S/C30H28ClF3N6O2/c1-17-38-26(30(32,33)34)16-39(17)23-12-9-20(19-5-4-6-21(13-19)29(2,3)28(36)42)14-24(23)40(37)25(15-35)27(41)18-7-10-22(31)11-8-18/h4-16H,35,37H2,1-3H3,(H2,36,42)/b25-15-. The van der Waals surface area contributed by atoms with Crippen LogP contribution in [-0.4, -0.2) is 21.2 Å². The van der Waals surface area contributed by atoms with Gasteiger partial charge >= 0.3 is 6.18 Å². The molecule has 4 rings (SSSR count). The molecule has 0 saturated heterocycles. The Morgan fingerprint density at radius 1 is 1.00 bits per heavy atom. The fourth-order valence-electron chi connectivity index (χ4n) is 4.33. The fourth-order valence-corrected chi connectivity index (χ4v) is 4.45. The lowest BCUT2D eigenvalue weighted by Crippen LogP contribution is -2.35. The van der Waals surface area contributed by atoms with Crippen molar-refractivity contribution in [3.8, 4) is 16.8 Å². The van der Waals surface area contributed by atoms with E-state index in [0.29, 0.717) is 21.7 Å². The zero-order valence-electron chi connectivity index (χ0n) is 22.9. The molecule has 0 bridgehead atoms. The van der Waals surface area contributed by atoms with Crippen LogP contribution in [0.25, 0.3) is 16.8 Å². The Hall–Kier alpha value is -4.61. The summed E-state index contributed by atoms with van der Waals surface area (Å²) in [5, 5.41) is 1.43. The number of hydrogen-bond acceptors (Lipinski definition) is 6. The number of amides is 1. The minimum atomic E-state index is -4.68. The van der Waals surface area contributed by atoms with Gasteiger partial charge in [0.25, 0.3) is 0 Å². The summed E-state index contributed by atoms with van der Waals surface area (Å²) in [6, 6.07) is 18.0. The number of hydrazine groups is 1. The molecule has 1 amide bonds. The highest BCUT2D eigenvalue weighted by Crippen LogP contribution is 2.36. The van der Waals surface area contributed by atoms with Crippen molar-refractivity contribution in [2.24, 2.45) is 17.3 Å². The first-order valence-electron chi connectivity index (χ1n) is 12.6. The van der Waals surface area contributed by atoms with Gasteiger partial charge in [-0.3, -0.25) is 14.6 Å². The van der Waals surface area contributed by atoms with Crippen molar-refractivity contribution in [3.63, 3.8) is 0 Å². The quantitative estimate of drug-likeness (QED) is 0.104. The van der Waals surface area contributed by atoms with Gasteiger partial charge in [0, 0.05) is 23.0 Å². The van der Waals surface area contributed by atoms with Gasteiger partial charge in [-0.2, -0.15) is 13.2 Å². The number of hydrogen-bond donors (Lipinski definition) is 3. The molecule has 42 heavy (non-hydrogen) atoms. The second-order valence-corrected chi connectivity index (χ2v) is 10.5. The van der Waals surface area contributed by atoms with E-state index in [4.69, 9.17) is 28.9 Å². The van der Waals surface area contributed by atoms with Crippen molar-refractivity contribution >= 4 is 29.0 Å². The van der Waals surface area contributed by atoms with Gasteiger partial charge in [0.05, 0.1) is 16.8 Å². The maximum Gasteiger partial charge on any atom is 0.434 e. The number of carbonyl (C=O) groups is 2. The molecule has 1 heterocycles. The van der Waals surface area contributed by atoms with E-state index in [9.17, 15) is 22.8 Å². The number of nitrogens with zero attached hydrogens (tertiary/aromatic N) is 3. The molecule has 3 aromatic carbocycles. The molecule has 4 aromatic rings. The Labute approximate surface area is 245 Å². The zero-order chi connectivity index (χ0) is 31.0. The molecule has 0 spiro atoms. The number of rotatable bonds is 8. The van der Waals surface area contributed by atoms with Crippen molar-refractivity contribution in [2.75, 3.05) is 5.01 Å². The molecule has 0 atom stereocenters. The van der Waals surface area contributed by atoms with Crippen LogP contribution >= 0.6 is 11.6 Å². The number of benzene rings is 3. The first kappa shape index (κ1) is 30.4. The number of primary amides is 1. The van der Waals surface area contributed by atoms with Crippen molar-refractivity contribution in [1.29, 1.82) is 0 Å². The lowest BCUT2D eigenvalue weighted by Gasteiger charge is -2.25. The topological polar surface area (TPSA) is 133 Å². The third-order valence-corrected chi connectivity index (χ3v) is 7.21. The number of nitrogens with two attached hydrogens (primary N) is 3. The van der Waals surface area contributed by atoms with Gasteiger partial charge < -0.3 is 16.0 Å². The van der Waals surface area contributed by atoms with Crippen molar-refractivity contribution < 1.29 is 22.8 Å². The Morgan fingerprint density at radius 2 is 1.64 bits per heavy atom. The lowest BCUT2D eigenvalue weighted by atomic mass is 9.82. The number of carbonyl (C=O) groups excluding carboxylic acids is 2. The predicted octanol–water partition coefficient (Wildman–Crippen LogP) is 5.65. The normalized spacial score (nSPS) is 12.3. The second-order valence-electron chi connectivity index (χ2n) is 10.1. The van der Waals surface area contributed by atoms with Crippen LogP contribution < -0.4 is 22.3 Å². The number of anilines is 1. The maximum atomic E-state index is 13.5. The monoisotopic (exact) mass is 596 g/mol. The van der Waals surface area contributed by atoms with E-state index >= 15 is 0 Å². The van der Waals surface area contributed by atoms with Gasteiger partial charge in [-0.25, -0.2) is 10.8 Å². The Kier molecular flexibility index (Phi) is 8.20. The van der Waals surface area contributed by atoms with Gasteiger partial charge in [-0.1, -0.05) is 41.9 Å². The molecule has 0 radical (unpaired) electrons.